The van der Waals surface area contributed by atoms with E-state index >= 15 is 0 Å². The molecule has 2 heterocycles. The van der Waals surface area contributed by atoms with Crippen LogP contribution in [0.1, 0.15) is 0 Å². The molecule has 0 saturated carbocycles. The van der Waals surface area contributed by atoms with Crippen molar-refractivity contribution in [2.24, 2.45) is 0 Å². The van der Waals surface area contributed by atoms with Gasteiger partial charge in [-0.25, -0.2) is 9.97 Å². The molecule has 0 bridgehead atoms. The van der Waals surface area contributed by atoms with Crippen LogP contribution >= 0.6 is 0 Å². The maximum atomic E-state index is 5.48. The highest BCUT2D eigenvalue weighted by Crippen LogP contribution is 2.41. The maximum absolute atomic E-state index is 5.48. The molecular formula is C44H28N2. The summed E-state index contributed by atoms with van der Waals surface area (Å²) in [6.07, 6.45) is 0. The summed E-state index contributed by atoms with van der Waals surface area (Å²) >= 11 is 0. The standard InChI is InChI=1S/C44H28N2/c1-3-13-31(14-4-1)39-27-41(35-23-11-19-29-17-7-9-21-33(29)35)45-43-37(39)25-26-38-40(32-15-5-2-6-16-32)28-42(46-44(38)43)36-24-12-20-30-18-8-10-22-34(30)36/h1-28H. The van der Waals surface area contributed by atoms with Gasteiger partial charge in [-0.1, -0.05) is 158 Å². The smallest absolute Gasteiger partial charge is 0.0978 e. The summed E-state index contributed by atoms with van der Waals surface area (Å²) in [5.41, 5.74) is 10.5. The van der Waals surface area contributed by atoms with Crippen molar-refractivity contribution in [1.82, 2.24) is 9.97 Å². The number of aromatic nitrogens is 2. The third-order valence-corrected chi connectivity index (χ3v) is 9.06. The molecule has 0 amide bonds. The topological polar surface area (TPSA) is 25.8 Å². The number of pyridine rings is 2. The number of fused-ring (bicyclic) bond motifs is 5. The molecule has 0 aliphatic carbocycles. The predicted octanol–water partition coefficient (Wildman–Crippen LogP) is 11.8. The van der Waals surface area contributed by atoms with Crippen molar-refractivity contribution in [2.75, 3.05) is 0 Å². The van der Waals surface area contributed by atoms with E-state index in [1.165, 1.54) is 21.5 Å². The van der Waals surface area contributed by atoms with Gasteiger partial charge in [0.1, 0.15) is 0 Å². The summed E-state index contributed by atoms with van der Waals surface area (Å²) in [6, 6.07) is 60.2. The molecule has 0 fully saturated rings. The van der Waals surface area contributed by atoms with Gasteiger partial charge in [-0.2, -0.15) is 0 Å². The van der Waals surface area contributed by atoms with E-state index in [0.717, 1.165) is 66.6 Å². The molecule has 0 aliphatic rings. The van der Waals surface area contributed by atoms with E-state index in [2.05, 4.69) is 170 Å². The van der Waals surface area contributed by atoms with E-state index in [-0.39, 0.29) is 0 Å². The zero-order chi connectivity index (χ0) is 30.5. The maximum Gasteiger partial charge on any atom is 0.0978 e. The van der Waals surface area contributed by atoms with E-state index in [9.17, 15) is 0 Å². The lowest BCUT2D eigenvalue weighted by atomic mass is 9.92. The molecule has 46 heavy (non-hydrogen) atoms. The van der Waals surface area contributed by atoms with Crippen LogP contribution in [0.4, 0.5) is 0 Å². The van der Waals surface area contributed by atoms with Crippen LogP contribution in [0.3, 0.4) is 0 Å². The normalized spacial score (nSPS) is 11.5. The summed E-state index contributed by atoms with van der Waals surface area (Å²) in [4.78, 5) is 11.0. The van der Waals surface area contributed by atoms with Crippen LogP contribution in [0.15, 0.2) is 170 Å². The lowest BCUT2D eigenvalue weighted by Gasteiger charge is -2.16. The molecule has 0 atom stereocenters. The average molecular weight is 585 g/mol. The summed E-state index contributed by atoms with van der Waals surface area (Å²) in [6.45, 7) is 0. The highest BCUT2D eigenvalue weighted by Gasteiger charge is 2.18. The van der Waals surface area contributed by atoms with E-state index < -0.39 is 0 Å². The van der Waals surface area contributed by atoms with Gasteiger partial charge in [0.2, 0.25) is 0 Å². The van der Waals surface area contributed by atoms with Crippen molar-refractivity contribution >= 4 is 43.4 Å². The predicted molar refractivity (Wildman–Crippen MR) is 194 cm³/mol. The van der Waals surface area contributed by atoms with Gasteiger partial charge in [0.15, 0.2) is 0 Å². The van der Waals surface area contributed by atoms with Crippen molar-refractivity contribution in [3.8, 4) is 44.8 Å². The molecular weight excluding hydrogens is 556 g/mol. The second-order valence-corrected chi connectivity index (χ2v) is 11.8. The molecule has 0 N–H and O–H groups in total. The van der Waals surface area contributed by atoms with Crippen LogP contribution in [-0.2, 0) is 0 Å². The highest BCUT2D eigenvalue weighted by atomic mass is 14.8. The first-order valence-electron chi connectivity index (χ1n) is 15.7. The molecule has 2 nitrogen and oxygen atoms in total. The van der Waals surface area contributed by atoms with E-state index in [0.29, 0.717) is 0 Å². The van der Waals surface area contributed by atoms with Crippen LogP contribution < -0.4 is 0 Å². The van der Waals surface area contributed by atoms with E-state index in [4.69, 9.17) is 9.97 Å². The van der Waals surface area contributed by atoms with Gasteiger partial charge in [0, 0.05) is 21.9 Å². The average Bonchev–Trinajstić information content (AvgIpc) is 3.14. The molecule has 2 heteroatoms. The molecule has 2 aromatic heterocycles. The van der Waals surface area contributed by atoms with Gasteiger partial charge in [-0.15, -0.1) is 0 Å². The number of nitrogens with zero attached hydrogens (tertiary/aromatic N) is 2. The minimum Gasteiger partial charge on any atom is -0.245 e. The minimum atomic E-state index is 0.904. The largest absolute Gasteiger partial charge is 0.245 e. The third-order valence-electron chi connectivity index (χ3n) is 9.06. The van der Waals surface area contributed by atoms with Crippen molar-refractivity contribution in [3.05, 3.63) is 170 Å². The second-order valence-electron chi connectivity index (χ2n) is 11.8. The molecule has 7 aromatic carbocycles. The molecule has 9 aromatic rings. The molecule has 0 radical (unpaired) electrons. The zero-order valence-electron chi connectivity index (χ0n) is 25.1. The number of benzene rings is 7. The molecule has 0 spiro atoms. The van der Waals surface area contributed by atoms with Crippen LogP contribution in [0, 0.1) is 0 Å². The number of hydrogen-bond acceptors (Lipinski definition) is 2. The lowest BCUT2D eigenvalue weighted by Crippen LogP contribution is -1.96. The van der Waals surface area contributed by atoms with Crippen molar-refractivity contribution in [1.29, 1.82) is 0 Å². The quantitative estimate of drug-likeness (QED) is 0.192. The first-order chi connectivity index (χ1) is 22.8. The summed E-state index contributed by atoms with van der Waals surface area (Å²) < 4.78 is 0. The van der Waals surface area contributed by atoms with Crippen molar-refractivity contribution in [3.63, 3.8) is 0 Å². The van der Waals surface area contributed by atoms with Gasteiger partial charge < -0.3 is 0 Å². The van der Waals surface area contributed by atoms with E-state index in [1.54, 1.807) is 0 Å². The van der Waals surface area contributed by atoms with Gasteiger partial charge in [0.25, 0.3) is 0 Å². The van der Waals surface area contributed by atoms with Gasteiger partial charge in [-0.05, 0) is 55.9 Å². The molecule has 9 rings (SSSR count). The first kappa shape index (κ1) is 26.3. The Hall–Kier alpha value is -6.12. The fourth-order valence-corrected chi connectivity index (χ4v) is 6.86. The number of rotatable bonds is 4. The van der Waals surface area contributed by atoms with Crippen LogP contribution in [-0.4, -0.2) is 9.97 Å². The minimum absolute atomic E-state index is 0.904. The lowest BCUT2D eigenvalue weighted by molar-refractivity contribution is 1.37. The van der Waals surface area contributed by atoms with Crippen LogP contribution in [0.5, 0.6) is 0 Å². The van der Waals surface area contributed by atoms with Gasteiger partial charge in [0.05, 0.1) is 22.4 Å². The molecule has 0 unspecified atom stereocenters. The summed E-state index contributed by atoms with van der Waals surface area (Å²) in [5.74, 6) is 0. The molecule has 214 valence electrons. The Morgan fingerprint density at radius 1 is 0.283 bits per heavy atom. The number of hydrogen-bond donors (Lipinski definition) is 0. The monoisotopic (exact) mass is 584 g/mol. The Balaban J connectivity index is 1.43. The Morgan fingerprint density at radius 3 is 1.13 bits per heavy atom. The van der Waals surface area contributed by atoms with Crippen molar-refractivity contribution in [2.45, 2.75) is 0 Å². The fourth-order valence-electron chi connectivity index (χ4n) is 6.86. The van der Waals surface area contributed by atoms with Gasteiger partial charge in [-0.3, -0.25) is 0 Å². The summed E-state index contributed by atoms with van der Waals surface area (Å²) in [5, 5.41) is 6.94. The first-order valence-corrected chi connectivity index (χ1v) is 15.7. The van der Waals surface area contributed by atoms with Crippen molar-refractivity contribution < 1.29 is 0 Å². The Labute approximate surface area is 267 Å². The van der Waals surface area contributed by atoms with Crippen LogP contribution in [0.25, 0.3) is 88.1 Å². The Morgan fingerprint density at radius 2 is 0.674 bits per heavy atom. The highest BCUT2D eigenvalue weighted by molar-refractivity contribution is 6.14. The third kappa shape index (κ3) is 4.35. The SMILES string of the molecule is c1ccc(-c2cc(-c3cccc4ccccc34)nc3c2ccc2c(-c4ccccc4)cc(-c4cccc5ccccc45)nc23)cc1. The summed E-state index contributed by atoms with van der Waals surface area (Å²) in [7, 11) is 0. The van der Waals surface area contributed by atoms with E-state index in [1.807, 2.05) is 0 Å². The van der Waals surface area contributed by atoms with Gasteiger partial charge >= 0.3 is 0 Å². The Bertz CT molecular complexity index is 2380. The zero-order valence-corrected chi connectivity index (χ0v) is 25.1. The molecule has 0 saturated heterocycles. The fraction of sp³-hybridized carbons (Fsp3) is 0. The Kier molecular flexibility index (Phi) is 6.17. The second kappa shape index (κ2) is 10.8. The molecule has 0 aliphatic heterocycles. The van der Waals surface area contributed by atoms with Crippen LogP contribution in [0.2, 0.25) is 0 Å².